The molecule has 0 bridgehead atoms. The molecule has 1 aliphatic heterocycles. The van der Waals surface area contributed by atoms with Crippen LogP contribution in [0.2, 0.25) is 0 Å². The van der Waals surface area contributed by atoms with Crippen LogP contribution in [-0.2, 0) is 4.79 Å². The first-order chi connectivity index (χ1) is 14.7. The largest absolute Gasteiger partial charge is 0.476 e. The number of nitrogens with zero attached hydrogens (tertiary/aromatic N) is 1. The monoisotopic (exact) mass is 420 g/mol. The smallest absolute Gasteiger partial charge is 0.271 e. The lowest BCUT2D eigenvalue weighted by Gasteiger charge is -2.38. The molecule has 6 heteroatoms. The molecule has 0 radical (unpaired) electrons. The topological polar surface area (TPSA) is 75.7 Å². The molecule has 1 fully saturated rings. The molecule has 1 saturated carbocycles. The Kier molecular flexibility index (Phi) is 5.56. The number of nitrogens with one attached hydrogen (secondary N) is 1. The van der Waals surface area contributed by atoms with E-state index in [1.54, 1.807) is 44.2 Å². The Morgan fingerprint density at radius 1 is 1.06 bits per heavy atom. The van der Waals surface area contributed by atoms with Gasteiger partial charge < -0.3 is 10.1 Å². The van der Waals surface area contributed by atoms with E-state index < -0.39 is 5.60 Å². The van der Waals surface area contributed by atoms with Gasteiger partial charge in [0, 0.05) is 17.2 Å². The van der Waals surface area contributed by atoms with Crippen molar-refractivity contribution in [3.63, 3.8) is 0 Å². The summed E-state index contributed by atoms with van der Waals surface area (Å²) in [6, 6.07) is 12.5. The predicted octanol–water partition coefficient (Wildman–Crippen LogP) is 4.05. The first-order valence-corrected chi connectivity index (χ1v) is 10.8. The Bertz CT molecular complexity index is 1020. The zero-order valence-electron chi connectivity index (χ0n) is 18.2. The van der Waals surface area contributed by atoms with Gasteiger partial charge in [0.15, 0.2) is 11.4 Å². The molecule has 0 atom stereocenters. The number of anilines is 1. The van der Waals surface area contributed by atoms with E-state index in [-0.39, 0.29) is 30.2 Å². The molecule has 6 nitrogen and oxygen atoms in total. The molecule has 1 heterocycles. The van der Waals surface area contributed by atoms with Crippen molar-refractivity contribution < 1.29 is 19.1 Å². The zero-order valence-corrected chi connectivity index (χ0v) is 18.2. The van der Waals surface area contributed by atoms with Gasteiger partial charge in [0.05, 0.1) is 12.2 Å². The summed E-state index contributed by atoms with van der Waals surface area (Å²) in [7, 11) is 0. The van der Waals surface area contributed by atoms with E-state index in [9.17, 15) is 14.4 Å². The van der Waals surface area contributed by atoms with E-state index >= 15 is 0 Å². The van der Waals surface area contributed by atoms with Gasteiger partial charge in [-0.1, -0.05) is 42.7 Å². The van der Waals surface area contributed by atoms with Gasteiger partial charge in [0.2, 0.25) is 0 Å². The van der Waals surface area contributed by atoms with E-state index in [0.29, 0.717) is 22.6 Å². The van der Waals surface area contributed by atoms with Gasteiger partial charge in [0.25, 0.3) is 11.8 Å². The number of ketones is 1. The van der Waals surface area contributed by atoms with Gasteiger partial charge >= 0.3 is 0 Å². The zero-order chi connectivity index (χ0) is 22.2. The molecule has 31 heavy (non-hydrogen) atoms. The first-order valence-electron chi connectivity index (χ1n) is 10.8. The van der Waals surface area contributed by atoms with Gasteiger partial charge in [0.1, 0.15) is 5.75 Å². The summed E-state index contributed by atoms with van der Waals surface area (Å²) in [5.74, 6) is -0.165. The molecule has 4 rings (SSSR count). The number of ether oxygens (including phenoxy) is 1. The molecule has 2 amide bonds. The summed E-state index contributed by atoms with van der Waals surface area (Å²) in [5.41, 5.74) is 1.40. The maximum Gasteiger partial charge on any atom is 0.271 e. The minimum atomic E-state index is -1.10. The Labute approximate surface area is 182 Å². The molecule has 1 aliphatic carbocycles. The summed E-state index contributed by atoms with van der Waals surface area (Å²) in [6.07, 6.45) is 4.23. The lowest BCUT2D eigenvalue weighted by Crippen LogP contribution is -2.54. The number of carbonyl (C=O) groups is 3. The first kappa shape index (κ1) is 21.1. The number of Topliss-reactive ketones (excluding diaryl/α,β-unsaturated/α-hetero) is 1. The standard InChI is InChI=1S/C25H28N2O4/c1-16-8-10-17(11-9-16)21(28)15-27-20-14-18(23(29)26-19-6-4-5-7-19)12-13-22(20)31-25(2,3)24(27)30/h8-14,19H,4-7,15H2,1-3H3,(H,26,29). The number of amides is 2. The minimum Gasteiger partial charge on any atom is -0.476 e. The van der Waals surface area contributed by atoms with Gasteiger partial charge in [-0.15, -0.1) is 0 Å². The molecule has 0 spiro atoms. The summed E-state index contributed by atoms with van der Waals surface area (Å²) in [5, 5.41) is 3.07. The third kappa shape index (κ3) is 4.33. The van der Waals surface area contributed by atoms with Crippen molar-refractivity contribution in [1.29, 1.82) is 0 Å². The average molecular weight is 421 g/mol. The number of benzene rings is 2. The van der Waals surface area contributed by atoms with E-state index in [1.807, 2.05) is 19.1 Å². The molecule has 162 valence electrons. The Hall–Kier alpha value is -3.15. The fraction of sp³-hybridized carbons (Fsp3) is 0.400. The third-order valence-corrected chi connectivity index (χ3v) is 6.00. The molecule has 2 aliphatic rings. The second-order valence-electron chi connectivity index (χ2n) is 8.93. The van der Waals surface area contributed by atoms with E-state index in [2.05, 4.69) is 5.32 Å². The number of aryl methyl sites for hydroxylation is 1. The summed E-state index contributed by atoms with van der Waals surface area (Å²) >= 11 is 0. The number of hydrogen-bond donors (Lipinski definition) is 1. The normalized spacial score (nSPS) is 17.8. The second kappa shape index (κ2) is 8.17. The van der Waals surface area contributed by atoms with E-state index in [0.717, 1.165) is 31.2 Å². The quantitative estimate of drug-likeness (QED) is 0.741. The van der Waals surface area contributed by atoms with Crippen molar-refractivity contribution in [2.45, 2.75) is 58.1 Å². The summed E-state index contributed by atoms with van der Waals surface area (Å²) in [6.45, 7) is 5.21. The maximum atomic E-state index is 13.1. The van der Waals surface area contributed by atoms with Crippen molar-refractivity contribution in [3.8, 4) is 5.75 Å². The van der Waals surface area contributed by atoms with Crippen LogP contribution in [0.3, 0.4) is 0 Å². The van der Waals surface area contributed by atoms with Crippen molar-refractivity contribution in [2.75, 3.05) is 11.4 Å². The molecule has 2 aromatic rings. The van der Waals surface area contributed by atoms with Crippen LogP contribution in [0.15, 0.2) is 42.5 Å². The lowest BCUT2D eigenvalue weighted by atomic mass is 10.0. The molecular formula is C25H28N2O4. The third-order valence-electron chi connectivity index (χ3n) is 6.00. The highest BCUT2D eigenvalue weighted by Gasteiger charge is 2.42. The predicted molar refractivity (Wildman–Crippen MR) is 119 cm³/mol. The highest BCUT2D eigenvalue weighted by Crippen LogP contribution is 2.38. The molecular weight excluding hydrogens is 392 g/mol. The number of fused-ring (bicyclic) bond motifs is 1. The van der Waals surface area contributed by atoms with E-state index in [4.69, 9.17) is 4.74 Å². The van der Waals surface area contributed by atoms with Gasteiger partial charge in [-0.2, -0.15) is 0 Å². The van der Waals surface area contributed by atoms with Crippen molar-refractivity contribution in [2.24, 2.45) is 0 Å². The highest BCUT2D eigenvalue weighted by molar-refractivity contribution is 6.10. The van der Waals surface area contributed by atoms with Crippen LogP contribution >= 0.6 is 0 Å². The number of rotatable bonds is 5. The van der Waals surface area contributed by atoms with Crippen LogP contribution in [0.5, 0.6) is 5.75 Å². The molecule has 0 saturated heterocycles. The molecule has 0 unspecified atom stereocenters. The fourth-order valence-corrected chi connectivity index (χ4v) is 4.18. The SMILES string of the molecule is Cc1ccc(C(=O)CN2C(=O)C(C)(C)Oc3ccc(C(=O)NC4CCCC4)cc32)cc1. The molecule has 0 aromatic heterocycles. The minimum absolute atomic E-state index is 0.116. The van der Waals surface area contributed by atoms with Crippen LogP contribution < -0.4 is 15.0 Å². The average Bonchev–Trinajstić information content (AvgIpc) is 3.24. The second-order valence-corrected chi connectivity index (χ2v) is 8.93. The van der Waals surface area contributed by atoms with Crippen molar-refractivity contribution in [3.05, 3.63) is 59.2 Å². The van der Waals surface area contributed by atoms with Crippen LogP contribution in [0.4, 0.5) is 5.69 Å². The Morgan fingerprint density at radius 3 is 2.39 bits per heavy atom. The molecule has 1 N–H and O–H groups in total. The van der Waals surface area contributed by atoms with Gasteiger partial charge in [-0.25, -0.2) is 0 Å². The number of carbonyl (C=O) groups excluding carboxylic acids is 3. The fourth-order valence-electron chi connectivity index (χ4n) is 4.18. The molecule has 2 aromatic carbocycles. The van der Waals surface area contributed by atoms with Crippen molar-refractivity contribution >= 4 is 23.3 Å². The Morgan fingerprint density at radius 2 is 1.71 bits per heavy atom. The highest BCUT2D eigenvalue weighted by atomic mass is 16.5. The van der Waals surface area contributed by atoms with Gasteiger partial charge in [-0.3, -0.25) is 19.3 Å². The maximum absolute atomic E-state index is 13.1. The van der Waals surface area contributed by atoms with E-state index in [1.165, 1.54) is 4.90 Å². The summed E-state index contributed by atoms with van der Waals surface area (Å²) < 4.78 is 5.90. The van der Waals surface area contributed by atoms with Crippen LogP contribution in [-0.4, -0.2) is 35.8 Å². The number of hydrogen-bond acceptors (Lipinski definition) is 4. The van der Waals surface area contributed by atoms with Crippen LogP contribution in [0.1, 0.15) is 65.8 Å². The van der Waals surface area contributed by atoms with Crippen molar-refractivity contribution in [1.82, 2.24) is 5.32 Å². The lowest BCUT2D eigenvalue weighted by molar-refractivity contribution is -0.132. The van der Waals surface area contributed by atoms with Gasteiger partial charge in [-0.05, 0) is 51.8 Å². The van der Waals surface area contributed by atoms with Crippen LogP contribution in [0.25, 0.3) is 0 Å². The summed E-state index contributed by atoms with van der Waals surface area (Å²) in [4.78, 5) is 40.3. The van der Waals surface area contributed by atoms with Crippen LogP contribution in [0, 0.1) is 6.92 Å². The Balaban J connectivity index is 1.63.